The number of pyridine rings is 3. The summed E-state index contributed by atoms with van der Waals surface area (Å²) >= 11 is 0. The number of hydrogen-bond donors (Lipinski definition) is 1. The highest BCUT2D eigenvalue weighted by Crippen LogP contribution is 2.29. The maximum Gasteiger partial charge on any atom is 0.183 e. The lowest BCUT2D eigenvalue weighted by atomic mass is 10.1. The van der Waals surface area contributed by atoms with Gasteiger partial charge in [-0.3, -0.25) is 9.97 Å². The van der Waals surface area contributed by atoms with E-state index in [1.165, 1.54) is 0 Å². The van der Waals surface area contributed by atoms with Gasteiger partial charge in [0.05, 0.1) is 28.1 Å². The molecule has 2 radical (unpaired) electrons. The van der Waals surface area contributed by atoms with Crippen molar-refractivity contribution in [1.29, 1.82) is 0 Å². The van der Waals surface area contributed by atoms with Gasteiger partial charge in [-0.2, -0.15) is 0 Å². The van der Waals surface area contributed by atoms with Crippen molar-refractivity contribution in [1.82, 2.24) is 29.7 Å². The molecule has 0 spiro atoms. The second kappa shape index (κ2) is 8.73. The first-order chi connectivity index (χ1) is 15.7. The van der Waals surface area contributed by atoms with Crippen molar-refractivity contribution in [2.24, 2.45) is 0 Å². The number of nitrogens with zero attached hydrogens (tertiary/aromatic N) is 5. The number of fused-ring (bicyclic) bond motifs is 1. The smallest absolute Gasteiger partial charge is 0.183 e. The summed E-state index contributed by atoms with van der Waals surface area (Å²) in [6, 6.07) is 23.8. The molecule has 1 aromatic carbocycles. The van der Waals surface area contributed by atoms with Gasteiger partial charge in [0.25, 0.3) is 0 Å². The van der Waals surface area contributed by atoms with E-state index in [0.717, 1.165) is 50.9 Å². The minimum Gasteiger partial charge on any atom is -0.344 e. The van der Waals surface area contributed by atoms with Crippen molar-refractivity contribution in [3.8, 4) is 22.8 Å². The predicted octanol–water partition coefficient (Wildman–Crippen LogP) is 4.48. The van der Waals surface area contributed by atoms with Crippen LogP contribution in [0.5, 0.6) is 0 Å². The van der Waals surface area contributed by atoms with Gasteiger partial charge in [-0.1, -0.05) is 36.4 Å². The van der Waals surface area contributed by atoms with Crippen molar-refractivity contribution in [2.75, 3.05) is 0 Å². The molecule has 0 atom stereocenters. The van der Waals surface area contributed by atoms with Crippen LogP contribution < -0.4 is 0 Å². The summed E-state index contributed by atoms with van der Waals surface area (Å²) in [7, 11) is 6.31. The molecule has 0 saturated heterocycles. The average molecular weight is 416 g/mol. The van der Waals surface area contributed by atoms with Crippen LogP contribution in [0.2, 0.25) is 0 Å². The Morgan fingerprint density at radius 3 is 2.50 bits per heavy atom. The summed E-state index contributed by atoms with van der Waals surface area (Å²) in [4.78, 5) is 23.9. The Labute approximate surface area is 187 Å². The molecule has 4 heterocycles. The Kier molecular flexibility index (Phi) is 5.48. The third kappa shape index (κ3) is 4.29. The maximum absolute atomic E-state index is 6.31. The van der Waals surface area contributed by atoms with Crippen LogP contribution in [0.1, 0.15) is 17.1 Å². The van der Waals surface area contributed by atoms with Crippen LogP contribution in [0, 0.1) is 6.92 Å². The summed E-state index contributed by atoms with van der Waals surface area (Å²) < 4.78 is 0. The summed E-state index contributed by atoms with van der Waals surface area (Å²) in [5, 5.41) is 0. The normalized spacial score (nSPS) is 11.3. The molecule has 0 aliphatic carbocycles. The average Bonchev–Trinajstić information content (AvgIpc) is 3.23. The Hall–Kier alpha value is -3.84. The van der Waals surface area contributed by atoms with Gasteiger partial charge in [0, 0.05) is 25.0 Å². The van der Waals surface area contributed by atoms with Crippen molar-refractivity contribution < 1.29 is 0 Å². The van der Waals surface area contributed by atoms with Gasteiger partial charge in [-0.15, -0.1) is 0 Å². The topological polar surface area (TPSA) is 70.6 Å². The van der Waals surface area contributed by atoms with Crippen molar-refractivity contribution in [3.05, 3.63) is 96.1 Å². The number of imidazole rings is 1. The standard InChI is InChI=1S/C25H21BN6/c1-17-7-5-10-21(28-17)24-25(22-13-12-19-20(29-22)11-6-14-27-19)31-23(30-24)16-32(26)15-18-8-3-2-4-9-18/h2-14H,15-16H2,1H3,(H,30,31). The molecule has 0 saturated carbocycles. The van der Waals surface area contributed by atoms with E-state index < -0.39 is 0 Å². The number of aryl methyl sites for hydroxylation is 1. The molecule has 0 aliphatic rings. The number of aromatic nitrogens is 5. The molecular weight excluding hydrogens is 395 g/mol. The second-order valence-electron chi connectivity index (χ2n) is 7.70. The van der Waals surface area contributed by atoms with E-state index >= 15 is 0 Å². The van der Waals surface area contributed by atoms with Crippen LogP contribution >= 0.6 is 0 Å². The number of hydrogen-bond acceptors (Lipinski definition) is 5. The third-order valence-electron chi connectivity index (χ3n) is 5.18. The number of rotatable bonds is 6. The van der Waals surface area contributed by atoms with Gasteiger partial charge in [-0.05, 0) is 48.9 Å². The maximum atomic E-state index is 6.31. The van der Waals surface area contributed by atoms with Gasteiger partial charge in [-0.25, -0.2) is 9.97 Å². The van der Waals surface area contributed by atoms with Crippen molar-refractivity contribution in [2.45, 2.75) is 20.0 Å². The van der Waals surface area contributed by atoms with E-state index in [4.69, 9.17) is 17.9 Å². The van der Waals surface area contributed by atoms with Crippen molar-refractivity contribution in [3.63, 3.8) is 0 Å². The summed E-state index contributed by atoms with van der Waals surface area (Å²) in [6.07, 6.45) is 1.77. The fourth-order valence-corrected chi connectivity index (χ4v) is 3.71. The van der Waals surface area contributed by atoms with Crippen molar-refractivity contribution >= 4 is 19.0 Å². The molecule has 32 heavy (non-hydrogen) atoms. The van der Waals surface area contributed by atoms with Gasteiger partial charge >= 0.3 is 0 Å². The highest BCUT2D eigenvalue weighted by Gasteiger charge is 2.18. The largest absolute Gasteiger partial charge is 0.344 e. The second-order valence-corrected chi connectivity index (χ2v) is 7.70. The van der Waals surface area contributed by atoms with Crippen LogP contribution in [-0.4, -0.2) is 37.7 Å². The van der Waals surface area contributed by atoms with E-state index in [1.807, 2.05) is 67.6 Å². The molecule has 5 aromatic rings. The van der Waals surface area contributed by atoms with Crippen LogP contribution in [0.15, 0.2) is 79.0 Å². The fraction of sp³-hybridized carbons (Fsp3) is 0.120. The molecule has 5 rings (SSSR count). The molecule has 0 unspecified atom stereocenters. The summed E-state index contributed by atoms with van der Waals surface area (Å²) in [6.45, 7) is 3.05. The SMILES string of the molecule is [B]N(Cc1ccccc1)Cc1nc(-c2cccc(C)n2)c(-c2ccc3ncccc3n2)[nH]1. The first-order valence-electron chi connectivity index (χ1n) is 10.4. The molecule has 1 N–H and O–H groups in total. The lowest BCUT2D eigenvalue weighted by Crippen LogP contribution is -2.19. The zero-order chi connectivity index (χ0) is 21.9. The molecule has 0 aliphatic heterocycles. The summed E-state index contributed by atoms with van der Waals surface area (Å²) in [5.74, 6) is 0.754. The molecule has 6 nitrogen and oxygen atoms in total. The predicted molar refractivity (Wildman–Crippen MR) is 127 cm³/mol. The van der Waals surface area contributed by atoms with Gasteiger partial charge in [0.2, 0.25) is 0 Å². The molecule has 4 aromatic heterocycles. The van der Waals surface area contributed by atoms with E-state index in [1.54, 1.807) is 11.0 Å². The Morgan fingerprint density at radius 2 is 1.66 bits per heavy atom. The van der Waals surface area contributed by atoms with Crippen LogP contribution in [0.4, 0.5) is 0 Å². The first kappa shape index (κ1) is 20.1. The zero-order valence-electron chi connectivity index (χ0n) is 17.7. The number of H-pyrrole nitrogens is 1. The zero-order valence-corrected chi connectivity index (χ0v) is 17.7. The van der Waals surface area contributed by atoms with Crippen LogP contribution in [0.3, 0.4) is 0 Å². The van der Waals surface area contributed by atoms with Gasteiger partial charge < -0.3 is 9.79 Å². The van der Waals surface area contributed by atoms with E-state index in [0.29, 0.717) is 13.1 Å². The third-order valence-corrected chi connectivity index (χ3v) is 5.18. The Balaban J connectivity index is 1.53. The first-order valence-corrected chi connectivity index (χ1v) is 10.4. The monoisotopic (exact) mass is 416 g/mol. The van der Waals surface area contributed by atoms with Gasteiger partial charge in [0.15, 0.2) is 7.98 Å². The van der Waals surface area contributed by atoms with Gasteiger partial charge in [0.1, 0.15) is 11.5 Å². The van der Waals surface area contributed by atoms with E-state index in [2.05, 4.69) is 27.1 Å². The Bertz CT molecular complexity index is 1370. The lowest BCUT2D eigenvalue weighted by Gasteiger charge is -2.15. The minimum absolute atomic E-state index is 0.461. The molecule has 154 valence electrons. The van der Waals surface area contributed by atoms with E-state index in [-0.39, 0.29) is 0 Å². The minimum atomic E-state index is 0.461. The summed E-state index contributed by atoms with van der Waals surface area (Å²) in [5.41, 5.74) is 6.90. The highest BCUT2D eigenvalue weighted by atomic mass is 15.1. The molecule has 0 bridgehead atoms. The lowest BCUT2D eigenvalue weighted by molar-refractivity contribution is 0.432. The molecule has 7 heteroatoms. The number of aromatic amines is 1. The fourth-order valence-electron chi connectivity index (χ4n) is 3.71. The number of nitrogens with one attached hydrogen (secondary N) is 1. The molecule has 0 amide bonds. The quantitative estimate of drug-likeness (QED) is 0.414. The molecule has 0 fully saturated rings. The van der Waals surface area contributed by atoms with E-state index in [9.17, 15) is 0 Å². The van der Waals surface area contributed by atoms with Crippen LogP contribution in [-0.2, 0) is 13.1 Å². The van der Waals surface area contributed by atoms with Crippen LogP contribution in [0.25, 0.3) is 33.8 Å². The molecular formula is C25H21BN6. The Morgan fingerprint density at radius 1 is 0.781 bits per heavy atom. The highest BCUT2D eigenvalue weighted by molar-refractivity contribution is 6.04. The number of benzene rings is 1.